The van der Waals surface area contributed by atoms with E-state index in [0.29, 0.717) is 30.0 Å². The molecule has 0 aliphatic rings. The number of carbonyl (C=O) groups excluding carboxylic acids is 1. The number of esters is 1. The first-order valence-electron chi connectivity index (χ1n) is 8.42. The standard InChI is InChI=1S/C18H19N5O4S/c1-4-22(9-5-8-19)13-6-7-14(12(2)10-13)20-21-15-11-16(23(25)26)28-17(15)18(24)27-3/h6-7,10-11H,4-5,9H2,1-3H3. The van der Waals surface area contributed by atoms with Crippen LogP contribution in [-0.2, 0) is 4.74 Å². The molecule has 0 spiro atoms. The molecule has 0 saturated carbocycles. The van der Waals surface area contributed by atoms with E-state index >= 15 is 0 Å². The summed E-state index contributed by atoms with van der Waals surface area (Å²) in [6.45, 7) is 5.28. The van der Waals surface area contributed by atoms with Crippen LogP contribution in [0.1, 0.15) is 28.6 Å². The van der Waals surface area contributed by atoms with Crippen molar-refractivity contribution < 1.29 is 14.5 Å². The Morgan fingerprint density at radius 2 is 2.07 bits per heavy atom. The zero-order valence-electron chi connectivity index (χ0n) is 15.7. The molecule has 9 nitrogen and oxygen atoms in total. The number of nitro groups is 1. The fourth-order valence-corrected chi connectivity index (χ4v) is 3.31. The Morgan fingerprint density at radius 3 is 2.64 bits per heavy atom. The molecule has 2 aromatic rings. The molecule has 0 N–H and O–H groups in total. The first kappa shape index (κ1) is 21.0. The number of anilines is 1. The molecular weight excluding hydrogens is 382 g/mol. The van der Waals surface area contributed by atoms with Gasteiger partial charge in [-0.1, -0.05) is 11.3 Å². The van der Waals surface area contributed by atoms with Gasteiger partial charge < -0.3 is 9.64 Å². The van der Waals surface area contributed by atoms with E-state index in [1.165, 1.54) is 13.2 Å². The van der Waals surface area contributed by atoms with Gasteiger partial charge in [-0.25, -0.2) is 4.79 Å². The molecule has 0 aliphatic heterocycles. The Balaban J connectivity index is 2.31. The maximum atomic E-state index is 11.8. The number of hydrogen-bond donors (Lipinski definition) is 0. The average Bonchev–Trinajstić information content (AvgIpc) is 3.12. The molecule has 0 fully saturated rings. The minimum atomic E-state index is -0.699. The van der Waals surface area contributed by atoms with Crippen molar-refractivity contribution in [2.75, 3.05) is 25.1 Å². The van der Waals surface area contributed by atoms with Crippen molar-refractivity contribution in [1.82, 2.24) is 0 Å². The summed E-state index contributed by atoms with van der Waals surface area (Å²) >= 11 is 0.696. The summed E-state index contributed by atoms with van der Waals surface area (Å²) in [5, 5.41) is 27.7. The number of rotatable bonds is 8. The van der Waals surface area contributed by atoms with E-state index in [1.54, 1.807) is 6.07 Å². The van der Waals surface area contributed by atoms with Gasteiger partial charge >= 0.3 is 11.0 Å². The lowest BCUT2D eigenvalue weighted by Crippen LogP contribution is -2.23. The lowest BCUT2D eigenvalue weighted by molar-refractivity contribution is -0.380. The predicted octanol–water partition coefficient (Wildman–Crippen LogP) is 4.91. The van der Waals surface area contributed by atoms with E-state index in [1.807, 2.05) is 26.0 Å². The molecule has 2 rings (SSSR count). The van der Waals surface area contributed by atoms with Gasteiger partial charge in [0.25, 0.3) is 0 Å². The molecule has 0 radical (unpaired) electrons. The minimum absolute atomic E-state index is 0.0286. The van der Waals surface area contributed by atoms with Gasteiger partial charge in [0.2, 0.25) is 0 Å². The minimum Gasteiger partial charge on any atom is -0.465 e. The number of nitriles is 1. The number of ether oxygens (including phenoxy) is 1. The second-order valence-electron chi connectivity index (χ2n) is 5.71. The van der Waals surface area contributed by atoms with E-state index < -0.39 is 10.9 Å². The first-order valence-corrected chi connectivity index (χ1v) is 9.23. The van der Waals surface area contributed by atoms with Gasteiger partial charge in [0.1, 0.15) is 10.6 Å². The molecule has 1 aromatic heterocycles. The summed E-state index contributed by atoms with van der Waals surface area (Å²) in [6.07, 6.45) is 0.432. The molecular formula is C18H19N5O4S. The van der Waals surface area contributed by atoms with Gasteiger partial charge in [-0.3, -0.25) is 10.1 Å². The maximum Gasteiger partial charge on any atom is 0.350 e. The van der Waals surface area contributed by atoms with Crippen LogP contribution in [0.2, 0.25) is 0 Å². The molecule has 0 aliphatic carbocycles. The van der Waals surface area contributed by atoms with Crippen LogP contribution in [0, 0.1) is 28.4 Å². The summed E-state index contributed by atoms with van der Waals surface area (Å²) in [7, 11) is 1.20. The van der Waals surface area contributed by atoms with Gasteiger partial charge in [0.15, 0.2) is 0 Å². The third kappa shape index (κ3) is 4.89. The molecule has 0 atom stereocenters. The van der Waals surface area contributed by atoms with Gasteiger partial charge in [0, 0.05) is 18.8 Å². The lowest BCUT2D eigenvalue weighted by atomic mass is 10.1. The molecule has 0 amide bonds. The number of carbonyl (C=O) groups is 1. The fraction of sp³-hybridized carbons (Fsp3) is 0.333. The zero-order chi connectivity index (χ0) is 20.7. The first-order chi connectivity index (χ1) is 13.4. The number of aryl methyl sites for hydroxylation is 1. The fourth-order valence-electron chi connectivity index (χ4n) is 2.48. The number of thiophene rings is 1. The zero-order valence-corrected chi connectivity index (χ0v) is 16.5. The SMILES string of the molecule is CCN(CCC#N)c1ccc(N=Nc2cc([N+](=O)[O-])sc2C(=O)OC)c(C)c1. The lowest BCUT2D eigenvalue weighted by Gasteiger charge is -2.22. The topological polar surface area (TPSA) is 121 Å². The Morgan fingerprint density at radius 1 is 1.36 bits per heavy atom. The predicted molar refractivity (Wildman–Crippen MR) is 106 cm³/mol. The molecule has 10 heteroatoms. The van der Waals surface area contributed by atoms with Gasteiger partial charge in [-0.05, 0) is 37.6 Å². The van der Waals surface area contributed by atoms with Gasteiger partial charge in [-0.2, -0.15) is 10.4 Å². The largest absolute Gasteiger partial charge is 0.465 e. The van der Waals surface area contributed by atoms with Crippen LogP contribution < -0.4 is 4.90 Å². The maximum absolute atomic E-state index is 11.8. The molecule has 146 valence electrons. The molecule has 1 aromatic carbocycles. The highest BCUT2D eigenvalue weighted by atomic mass is 32.1. The second-order valence-corrected chi connectivity index (χ2v) is 6.74. The van der Waals surface area contributed by atoms with Crippen molar-refractivity contribution in [3.63, 3.8) is 0 Å². The molecule has 1 heterocycles. The van der Waals surface area contributed by atoms with Crippen LogP contribution in [0.15, 0.2) is 34.5 Å². The van der Waals surface area contributed by atoms with Crippen LogP contribution in [-0.4, -0.2) is 31.1 Å². The summed E-state index contributed by atoms with van der Waals surface area (Å²) < 4.78 is 4.65. The Labute approximate surface area is 166 Å². The van der Waals surface area contributed by atoms with Crippen LogP contribution in [0.4, 0.5) is 22.1 Å². The quantitative estimate of drug-likeness (QED) is 0.268. The normalized spacial score (nSPS) is 10.6. The highest BCUT2D eigenvalue weighted by Crippen LogP contribution is 2.36. The summed E-state index contributed by atoms with van der Waals surface area (Å²) in [4.78, 5) is 24.3. The van der Waals surface area contributed by atoms with Crippen molar-refractivity contribution in [3.8, 4) is 6.07 Å². The van der Waals surface area contributed by atoms with Crippen LogP contribution in [0.3, 0.4) is 0 Å². The van der Waals surface area contributed by atoms with Gasteiger partial charge in [0.05, 0.1) is 36.3 Å². The highest BCUT2D eigenvalue weighted by molar-refractivity contribution is 7.17. The summed E-state index contributed by atoms with van der Waals surface area (Å²) in [5.41, 5.74) is 2.48. The molecule has 0 bridgehead atoms. The monoisotopic (exact) mass is 401 g/mol. The summed E-state index contributed by atoms with van der Waals surface area (Å²) in [5.74, 6) is -0.699. The van der Waals surface area contributed by atoms with Crippen molar-refractivity contribution in [2.45, 2.75) is 20.3 Å². The third-order valence-electron chi connectivity index (χ3n) is 3.94. The van der Waals surface area contributed by atoms with Crippen LogP contribution in [0.25, 0.3) is 0 Å². The summed E-state index contributed by atoms with van der Waals surface area (Å²) in [6, 6.07) is 8.93. The number of hydrogen-bond acceptors (Lipinski definition) is 9. The van der Waals surface area contributed by atoms with Crippen molar-refractivity contribution in [2.24, 2.45) is 10.2 Å². The Kier molecular flexibility index (Phi) is 7.17. The second kappa shape index (κ2) is 9.57. The van der Waals surface area contributed by atoms with E-state index in [-0.39, 0.29) is 15.6 Å². The molecule has 0 saturated heterocycles. The number of azo groups is 1. The van der Waals surface area contributed by atoms with Crippen molar-refractivity contribution in [3.05, 3.63) is 44.8 Å². The highest BCUT2D eigenvalue weighted by Gasteiger charge is 2.22. The van der Waals surface area contributed by atoms with E-state index in [4.69, 9.17) is 5.26 Å². The number of benzene rings is 1. The van der Waals surface area contributed by atoms with E-state index in [9.17, 15) is 14.9 Å². The Bertz CT molecular complexity index is 948. The van der Waals surface area contributed by atoms with E-state index in [2.05, 4.69) is 25.9 Å². The third-order valence-corrected chi connectivity index (χ3v) is 4.99. The number of nitrogens with zero attached hydrogens (tertiary/aromatic N) is 5. The van der Waals surface area contributed by atoms with Gasteiger partial charge in [-0.15, -0.1) is 5.11 Å². The van der Waals surface area contributed by atoms with Crippen molar-refractivity contribution >= 4 is 39.4 Å². The molecule has 28 heavy (non-hydrogen) atoms. The molecule has 0 unspecified atom stereocenters. The van der Waals surface area contributed by atoms with E-state index in [0.717, 1.165) is 17.8 Å². The number of methoxy groups -OCH3 is 1. The smallest absolute Gasteiger partial charge is 0.350 e. The van der Waals surface area contributed by atoms with Crippen LogP contribution >= 0.6 is 11.3 Å². The van der Waals surface area contributed by atoms with Crippen molar-refractivity contribution in [1.29, 1.82) is 5.26 Å². The van der Waals surface area contributed by atoms with Crippen LogP contribution in [0.5, 0.6) is 0 Å². The Hall–Kier alpha value is -3.32. The average molecular weight is 401 g/mol.